The second-order valence-electron chi connectivity index (χ2n) is 1.95. The molecule has 0 bridgehead atoms. The van der Waals surface area contributed by atoms with Crippen LogP contribution in [-0.4, -0.2) is 22.3 Å². The summed E-state index contributed by atoms with van der Waals surface area (Å²) in [5.41, 5.74) is 5.16. The zero-order chi connectivity index (χ0) is 7.98. The predicted octanol–water partition coefficient (Wildman–Crippen LogP) is 0.567. The van der Waals surface area contributed by atoms with Gasteiger partial charge in [0.25, 0.3) is 0 Å². The molecule has 1 unspecified atom stereocenters. The van der Waals surface area contributed by atoms with Crippen LogP contribution in [0.25, 0.3) is 0 Å². The van der Waals surface area contributed by atoms with Crippen molar-refractivity contribution in [2.75, 3.05) is 18.1 Å². The average Bonchev–Trinajstić information content (AvgIpc) is 1.82. The van der Waals surface area contributed by atoms with Crippen molar-refractivity contribution in [3.05, 3.63) is 12.4 Å². The highest BCUT2D eigenvalue weighted by molar-refractivity contribution is 7.85. The van der Waals surface area contributed by atoms with Crippen molar-refractivity contribution in [2.45, 2.75) is 6.42 Å². The summed E-state index contributed by atoms with van der Waals surface area (Å²) in [4.78, 5) is 0. The molecule has 10 heavy (non-hydrogen) atoms. The molecular weight excluding hydrogens is 153 g/mol. The standard InChI is InChI=1S/C6H12FNOS/c1-6(7)5-10(9)4-2-3-8/h1-5,8H2. The molecule has 0 aromatic rings. The van der Waals surface area contributed by atoms with E-state index < -0.39 is 16.6 Å². The quantitative estimate of drug-likeness (QED) is 0.647. The van der Waals surface area contributed by atoms with Crippen LogP contribution in [0.4, 0.5) is 4.39 Å². The van der Waals surface area contributed by atoms with Crippen molar-refractivity contribution in [3.63, 3.8) is 0 Å². The van der Waals surface area contributed by atoms with Gasteiger partial charge in [0.15, 0.2) is 0 Å². The van der Waals surface area contributed by atoms with Gasteiger partial charge in [-0.15, -0.1) is 0 Å². The molecule has 0 saturated carbocycles. The van der Waals surface area contributed by atoms with Crippen LogP contribution in [0.1, 0.15) is 6.42 Å². The summed E-state index contributed by atoms with van der Waals surface area (Å²) >= 11 is 0. The van der Waals surface area contributed by atoms with E-state index >= 15 is 0 Å². The molecular formula is C6H12FNOS. The first-order chi connectivity index (χ1) is 4.66. The van der Waals surface area contributed by atoms with Gasteiger partial charge >= 0.3 is 0 Å². The fourth-order valence-electron chi connectivity index (χ4n) is 0.491. The number of nitrogens with two attached hydrogens (primary N) is 1. The summed E-state index contributed by atoms with van der Waals surface area (Å²) in [5, 5.41) is 0. The van der Waals surface area contributed by atoms with Gasteiger partial charge in [0.2, 0.25) is 0 Å². The minimum absolute atomic E-state index is 0.0417. The molecule has 0 radical (unpaired) electrons. The van der Waals surface area contributed by atoms with Crippen LogP contribution >= 0.6 is 0 Å². The first kappa shape index (κ1) is 9.78. The number of hydrogen-bond donors (Lipinski definition) is 1. The van der Waals surface area contributed by atoms with Crippen LogP contribution in [0, 0.1) is 0 Å². The van der Waals surface area contributed by atoms with E-state index in [1.54, 1.807) is 0 Å². The van der Waals surface area contributed by atoms with Gasteiger partial charge in [-0.2, -0.15) is 0 Å². The van der Waals surface area contributed by atoms with E-state index in [4.69, 9.17) is 5.73 Å². The highest BCUT2D eigenvalue weighted by atomic mass is 32.2. The molecule has 0 rings (SSSR count). The molecule has 0 aliphatic carbocycles. The SMILES string of the molecule is C=C(F)CS(=O)CCCN. The Labute approximate surface area is 62.8 Å². The topological polar surface area (TPSA) is 43.1 Å². The van der Waals surface area contributed by atoms with E-state index in [0.717, 1.165) is 0 Å². The van der Waals surface area contributed by atoms with Gasteiger partial charge in [-0.1, -0.05) is 6.58 Å². The molecule has 0 aliphatic heterocycles. The summed E-state index contributed by atoms with van der Waals surface area (Å²) < 4.78 is 22.7. The third-order valence-electron chi connectivity index (χ3n) is 0.894. The molecule has 2 N–H and O–H groups in total. The summed E-state index contributed by atoms with van der Waals surface area (Å²) in [7, 11) is -1.10. The van der Waals surface area contributed by atoms with Crippen LogP contribution < -0.4 is 5.73 Å². The first-order valence-electron chi connectivity index (χ1n) is 3.05. The highest BCUT2D eigenvalue weighted by Crippen LogP contribution is 1.96. The van der Waals surface area contributed by atoms with Crippen LogP contribution in [0.3, 0.4) is 0 Å². The Kier molecular flexibility index (Phi) is 5.43. The third kappa shape index (κ3) is 5.91. The largest absolute Gasteiger partial charge is 0.330 e. The molecule has 0 fully saturated rings. The first-order valence-corrected chi connectivity index (χ1v) is 4.54. The van der Waals surface area contributed by atoms with E-state index in [0.29, 0.717) is 18.7 Å². The van der Waals surface area contributed by atoms with E-state index in [-0.39, 0.29) is 5.75 Å². The second kappa shape index (κ2) is 5.56. The second-order valence-corrected chi connectivity index (χ2v) is 3.52. The molecule has 0 aromatic heterocycles. The summed E-state index contributed by atoms with van der Waals surface area (Å²) in [5.74, 6) is -0.0882. The lowest BCUT2D eigenvalue weighted by atomic mass is 10.5. The maximum atomic E-state index is 12.0. The Bertz CT molecular complexity index is 138. The molecule has 0 saturated heterocycles. The van der Waals surface area contributed by atoms with Crippen LogP contribution in [-0.2, 0) is 10.8 Å². The summed E-state index contributed by atoms with van der Waals surface area (Å²) in [6.45, 7) is 3.52. The maximum absolute atomic E-state index is 12.0. The Balaban J connectivity index is 3.35. The lowest BCUT2D eigenvalue weighted by Gasteiger charge is -1.96. The minimum atomic E-state index is -1.10. The van der Waals surface area contributed by atoms with E-state index in [1.165, 1.54) is 0 Å². The predicted molar refractivity (Wildman–Crippen MR) is 41.8 cm³/mol. The molecule has 0 heterocycles. The van der Waals surface area contributed by atoms with E-state index in [2.05, 4.69) is 6.58 Å². The van der Waals surface area contributed by atoms with Crippen molar-refractivity contribution in [2.24, 2.45) is 5.73 Å². The van der Waals surface area contributed by atoms with E-state index in [9.17, 15) is 8.60 Å². The summed E-state index contributed by atoms with van der Waals surface area (Å²) in [6, 6.07) is 0. The minimum Gasteiger partial charge on any atom is -0.330 e. The zero-order valence-electron chi connectivity index (χ0n) is 5.81. The number of halogens is 1. The van der Waals surface area contributed by atoms with Crippen LogP contribution in [0.5, 0.6) is 0 Å². The number of rotatable bonds is 5. The van der Waals surface area contributed by atoms with Crippen molar-refractivity contribution >= 4 is 10.8 Å². The van der Waals surface area contributed by atoms with Crippen molar-refractivity contribution in [3.8, 4) is 0 Å². The van der Waals surface area contributed by atoms with Crippen LogP contribution in [0.15, 0.2) is 12.4 Å². The Morgan fingerprint density at radius 1 is 1.70 bits per heavy atom. The van der Waals surface area contributed by atoms with Gasteiger partial charge in [-0.3, -0.25) is 4.21 Å². The van der Waals surface area contributed by atoms with E-state index in [1.807, 2.05) is 0 Å². The molecule has 60 valence electrons. The molecule has 0 amide bonds. The van der Waals surface area contributed by atoms with Gasteiger partial charge in [0.05, 0.1) is 5.75 Å². The average molecular weight is 165 g/mol. The third-order valence-corrected chi connectivity index (χ3v) is 2.27. The Morgan fingerprint density at radius 2 is 2.30 bits per heavy atom. The maximum Gasteiger partial charge on any atom is 0.105 e. The highest BCUT2D eigenvalue weighted by Gasteiger charge is 1.99. The fraction of sp³-hybridized carbons (Fsp3) is 0.667. The van der Waals surface area contributed by atoms with Crippen molar-refractivity contribution in [1.29, 1.82) is 0 Å². The van der Waals surface area contributed by atoms with Gasteiger partial charge in [-0.25, -0.2) is 4.39 Å². The Morgan fingerprint density at radius 3 is 2.70 bits per heavy atom. The van der Waals surface area contributed by atoms with Crippen LogP contribution in [0.2, 0.25) is 0 Å². The molecule has 0 aromatic carbocycles. The molecule has 0 aliphatic rings. The lowest BCUT2D eigenvalue weighted by molar-refractivity contribution is 0.637. The van der Waals surface area contributed by atoms with Crippen molar-refractivity contribution in [1.82, 2.24) is 0 Å². The normalized spacial score (nSPS) is 13.0. The Hall–Kier alpha value is -0.220. The lowest BCUT2D eigenvalue weighted by Crippen LogP contribution is -2.08. The zero-order valence-corrected chi connectivity index (χ0v) is 6.62. The molecule has 2 nitrogen and oxygen atoms in total. The van der Waals surface area contributed by atoms with Gasteiger partial charge in [-0.05, 0) is 13.0 Å². The number of hydrogen-bond acceptors (Lipinski definition) is 2. The monoisotopic (exact) mass is 165 g/mol. The molecule has 0 spiro atoms. The fourth-order valence-corrected chi connectivity index (χ4v) is 1.47. The smallest absolute Gasteiger partial charge is 0.105 e. The summed E-state index contributed by atoms with van der Waals surface area (Å²) in [6.07, 6.45) is 0.680. The van der Waals surface area contributed by atoms with Gasteiger partial charge in [0, 0.05) is 16.6 Å². The molecule has 1 atom stereocenters. The van der Waals surface area contributed by atoms with Gasteiger partial charge in [0.1, 0.15) is 5.83 Å². The van der Waals surface area contributed by atoms with Gasteiger partial charge < -0.3 is 5.73 Å². The molecule has 4 heteroatoms. The van der Waals surface area contributed by atoms with Crippen molar-refractivity contribution < 1.29 is 8.60 Å².